The molecule has 3 nitrogen and oxygen atoms in total. The lowest BCUT2D eigenvalue weighted by Gasteiger charge is -2.27. The van der Waals surface area contributed by atoms with Gasteiger partial charge in [-0.2, -0.15) is 13.2 Å². The van der Waals surface area contributed by atoms with Crippen LogP contribution in [-0.4, -0.2) is 53.7 Å². The van der Waals surface area contributed by atoms with Crippen LogP contribution >= 0.6 is 0 Å². The zero-order valence-corrected chi connectivity index (χ0v) is 13.7. The third-order valence-electron chi connectivity index (χ3n) is 4.60. The van der Waals surface area contributed by atoms with Gasteiger partial charge < -0.3 is 10.0 Å². The molecular weight excluding hydrogens is 305 g/mol. The smallest absolute Gasteiger partial charge is 0.392 e. The summed E-state index contributed by atoms with van der Waals surface area (Å²) in [6.07, 6.45) is -4.15. The Morgan fingerprint density at radius 3 is 2.30 bits per heavy atom. The number of halogens is 3. The Morgan fingerprint density at radius 2 is 1.78 bits per heavy atom. The largest absolute Gasteiger partial charge is 0.416 e. The van der Waals surface area contributed by atoms with Crippen LogP contribution in [0.15, 0.2) is 24.3 Å². The van der Waals surface area contributed by atoms with E-state index in [0.717, 1.165) is 43.9 Å². The number of likely N-dealkylation sites (N-methyl/N-ethyl adjacent to an activating group) is 1. The number of nitrogens with zero attached hydrogens (tertiary/aromatic N) is 2. The normalized spacial score (nSPS) is 22.9. The third-order valence-corrected chi connectivity index (χ3v) is 4.60. The van der Waals surface area contributed by atoms with Gasteiger partial charge in [0.05, 0.1) is 11.7 Å². The summed E-state index contributed by atoms with van der Waals surface area (Å²) >= 11 is 0. The second kappa shape index (κ2) is 7.64. The molecule has 2 rings (SSSR count). The van der Waals surface area contributed by atoms with Crippen LogP contribution in [0.5, 0.6) is 0 Å². The number of rotatable bonds is 6. The number of alkyl halides is 3. The molecule has 0 aromatic heterocycles. The molecule has 0 aliphatic carbocycles. The molecule has 1 heterocycles. The van der Waals surface area contributed by atoms with Crippen LogP contribution in [0.3, 0.4) is 0 Å². The highest BCUT2D eigenvalue weighted by Gasteiger charge is 2.33. The van der Waals surface area contributed by atoms with Crippen LogP contribution in [0, 0.1) is 0 Å². The molecule has 0 radical (unpaired) electrons. The van der Waals surface area contributed by atoms with Crippen LogP contribution in [0.2, 0.25) is 0 Å². The van der Waals surface area contributed by atoms with Crippen molar-refractivity contribution in [1.29, 1.82) is 0 Å². The molecule has 1 aromatic rings. The summed E-state index contributed by atoms with van der Waals surface area (Å²) < 4.78 is 38.0. The number of likely N-dealkylation sites (tertiary alicyclic amines) is 1. The Kier molecular flexibility index (Phi) is 6.06. The van der Waals surface area contributed by atoms with Crippen molar-refractivity contribution >= 4 is 0 Å². The van der Waals surface area contributed by atoms with Crippen molar-refractivity contribution in [2.45, 2.75) is 38.6 Å². The highest BCUT2D eigenvalue weighted by molar-refractivity contribution is 5.27. The Bertz CT molecular complexity index is 486. The van der Waals surface area contributed by atoms with Gasteiger partial charge in [0, 0.05) is 25.7 Å². The Hall–Kier alpha value is -1.11. The van der Waals surface area contributed by atoms with E-state index >= 15 is 0 Å². The van der Waals surface area contributed by atoms with Gasteiger partial charge in [0.15, 0.2) is 0 Å². The lowest BCUT2D eigenvalue weighted by molar-refractivity contribution is -0.137. The topological polar surface area (TPSA) is 26.7 Å². The quantitative estimate of drug-likeness (QED) is 0.868. The third kappa shape index (κ3) is 4.68. The average molecular weight is 330 g/mol. The maximum atomic E-state index is 12.7. The molecule has 1 saturated heterocycles. The van der Waals surface area contributed by atoms with Gasteiger partial charge in [0.25, 0.3) is 0 Å². The van der Waals surface area contributed by atoms with Gasteiger partial charge in [-0.25, -0.2) is 0 Å². The first kappa shape index (κ1) is 18.2. The van der Waals surface area contributed by atoms with E-state index in [2.05, 4.69) is 23.6 Å². The zero-order chi connectivity index (χ0) is 17.0. The fourth-order valence-electron chi connectivity index (χ4n) is 3.18. The fourth-order valence-corrected chi connectivity index (χ4v) is 3.18. The average Bonchev–Trinajstić information content (AvgIpc) is 2.88. The summed E-state index contributed by atoms with van der Waals surface area (Å²) in [7, 11) is 0. The van der Waals surface area contributed by atoms with Crippen molar-refractivity contribution in [2.24, 2.45) is 0 Å². The minimum atomic E-state index is -4.31. The van der Waals surface area contributed by atoms with E-state index < -0.39 is 17.8 Å². The summed E-state index contributed by atoms with van der Waals surface area (Å²) in [5.41, 5.74) is 0.212. The van der Waals surface area contributed by atoms with E-state index in [0.29, 0.717) is 13.0 Å². The molecule has 1 N–H and O–H groups in total. The van der Waals surface area contributed by atoms with Crippen LogP contribution < -0.4 is 0 Å². The van der Waals surface area contributed by atoms with Gasteiger partial charge in [0.1, 0.15) is 0 Å². The van der Waals surface area contributed by atoms with Gasteiger partial charge in [-0.3, -0.25) is 4.90 Å². The van der Waals surface area contributed by atoms with E-state index in [1.807, 2.05) is 0 Å². The summed E-state index contributed by atoms with van der Waals surface area (Å²) in [5, 5.41) is 9.96. The van der Waals surface area contributed by atoms with Gasteiger partial charge >= 0.3 is 6.18 Å². The van der Waals surface area contributed by atoms with Crippen LogP contribution in [0.1, 0.15) is 37.4 Å². The van der Waals surface area contributed by atoms with Crippen molar-refractivity contribution in [3.63, 3.8) is 0 Å². The highest BCUT2D eigenvalue weighted by atomic mass is 19.4. The second-order valence-corrected chi connectivity index (χ2v) is 6.05. The van der Waals surface area contributed by atoms with Crippen molar-refractivity contribution in [3.05, 3.63) is 35.4 Å². The minimum Gasteiger partial charge on any atom is -0.392 e. The van der Waals surface area contributed by atoms with Crippen molar-refractivity contribution in [2.75, 3.05) is 32.7 Å². The van der Waals surface area contributed by atoms with Gasteiger partial charge in [-0.05, 0) is 37.2 Å². The molecule has 0 saturated carbocycles. The Labute approximate surface area is 135 Å². The van der Waals surface area contributed by atoms with Gasteiger partial charge in [0.2, 0.25) is 0 Å². The molecule has 0 spiro atoms. The SMILES string of the molecule is CCN(CC)CCN1CC(O)CC1c1ccc(C(F)(F)F)cc1. The van der Waals surface area contributed by atoms with Gasteiger partial charge in [-0.15, -0.1) is 0 Å². The molecule has 2 atom stereocenters. The molecule has 1 aliphatic heterocycles. The van der Waals surface area contributed by atoms with Crippen molar-refractivity contribution < 1.29 is 18.3 Å². The molecule has 1 fully saturated rings. The van der Waals surface area contributed by atoms with E-state index in [9.17, 15) is 18.3 Å². The molecule has 0 amide bonds. The molecule has 130 valence electrons. The van der Waals surface area contributed by atoms with E-state index in [-0.39, 0.29) is 6.04 Å². The first-order valence-electron chi connectivity index (χ1n) is 8.16. The summed E-state index contributed by atoms with van der Waals surface area (Å²) in [5.74, 6) is 0. The first-order chi connectivity index (χ1) is 10.8. The number of aliphatic hydroxyl groups is 1. The van der Waals surface area contributed by atoms with Gasteiger partial charge in [-0.1, -0.05) is 26.0 Å². The van der Waals surface area contributed by atoms with Crippen LogP contribution in [0.4, 0.5) is 13.2 Å². The van der Waals surface area contributed by atoms with Crippen LogP contribution in [0.25, 0.3) is 0 Å². The lowest BCUT2D eigenvalue weighted by atomic mass is 10.0. The number of benzene rings is 1. The Balaban J connectivity index is 2.06. The lowest BCUT2D eigenvalue weighted by Crippen LogP contribution is -2.35. The molecule has 1 aromatic carbocycles. The van der Waals surface area contributed by atoms with E-state index in [4.69, 9.17) is 0 Å². The maximum absolute atomic E-state index is 12.7. The monoisotopic (exact) mass is 330 g/mol. The number of hydrogen-bond donors (Lipinski definition) is 1. The predicted molar refractivity (Wildman–Crippen MR) is 84.2 cm³/mol. The van der Waals surface area contributed by atoms with E-state index in [1.54, 1.807) is 0 Å². The zero-order valence-electron chi connectivity index (χ0n) is 13.7. The maximum Gasteiger partial charge on any atom is 0.416 e. The van der Waals surface area contributed by atoms with Crippen molar-refractivity contribution in [1.82, 2.24) is 9.80 Å². The molecule has 2 unspecified atom stereocenters. The molecule has 6 heteroatoms. The summed E-state index contributed by atoms with van der Waals surface area (Å²) in [6, 6.07) is 5.32. The Morgan fingerprint density at radius 1 is 1.17 bits per heavy atom. The minimum absolute atomic E-state index is 0.0113. The summed E-state index contributed by atoms with van der Waals surface area (Å²) in [6.45, 7) is 8.44. The van der Waals surface area contributed by atoms with Crippen LogP contribution in [-0.2, 0) is 6.18 Å². The molecular formula is C17H25F3N2O. The van der Waals surface area contributed by atoms with Crippen molar-refractivity contribution in [3.8, 4) is 0 Å². The summed E-state index contributed by atoms with van der Waals surface area (Å²) in [4.78, 5) is 4.47. The molecule has 1 aliphatic rings. The number of β-amino-alcohol motifs (C(OH)–C–C–N with tert-alkyl or cyclic N) is 1. The fraction of sp³-hybridized carbons (Fsp3) is 0.647. The standard InChI is InChI=1S/C17H25F3N2O/c1-3-21(4-2)9-10-22-12-15(23)11-16(22)13-5-7-14(8-6-13)17(18,19)20/h5-8,15-16,23H,3-4,9-12H2,1-2H3. The molecule has 0 bridgehead atoms. The number of hydrogen-bond acceptors (Lipinski definition) is 3. The first-order valence-corrected chi connectivity index (χ1v) is 8.16. The highest BCUT2D eigenvalue weighted by Crippen LogP contribution is 2.34. The second-order valence-electron chi connectivity index (χ2n) is 6.05. The molecule has 23 heavy (non-hydrogen) atoms. The van der Waals surface area contributed by atoms with E-state index in [1.165, 1.54) is 12.1 Å². The number of aliphatic hydroxyl groups excluding tert-OH is 1. The predicted octanol–water partition coefficient (Wildman–Crippen LogP) is 3.15.